The number of benzene rings is 1. The molecule has 0 unspecified atom stereocenters. The van der Waals surface area contributed by atoms with Crippen molar-refractivity contribution < 1.29 is 23.8 Å². The van der Waals surface area contributed by atoms with Crippen LogP contribution in [0.15, 0.2) is 30.3 Å². The van der Waals surface area contributed by atoms with Gasteiger partial charge in [-0.3, -0.25) is 4.79 Å². The van der Waals surface area contributed by atoms with E-state index in [1.165, 1.54) is 18.2 Å². The lowest BCUT2D eigenvalue weighted by molar-refractivity contribution is 0.0702. The fraction of sp³-hybridized carbons (Fsp3) is 0.0769. The summed E-state index contributed by atoms with van der Waals surface area (Å²) in [5.74, 6) is -1.32. The van der Waals surface area contributed by atoms with Crippen molar-refractivity contribution in [2.24, 2.45) is 0 Å². The summed E-state index contributed by atoms with van der Waals surface area (Å²) in [6, 6.07) is 6.80. The predicted octanol–water partition coefficient (Wildman–Crippen LogP) is 2.98. The molecule has 6 heteroatoms. The molecule has 0 aliphatic heterocycles. The van der Waals surface area contributed by atoms with Crippen molar-refractivity contribution in [2.75, 3.05) is 0 Å². The fourth-order valence-electron chi connectivity index (χ4n) is 1.46. The number of carbonyl (C=O) groups excluding carboxylic acids is 1. The quantitative estimate of drug-likeness (QED) is 0.855. The van der Waals surface area contributed by atoms with Crippen LogP contribution in [0.3, 0.4) is 0 Å². The summed E-state index contributed by atoms with van der Waals surface area (Å²) in [5.41, 5.74) is 0.187. The molecule has 98 valence electrons. The van der Waals surface area contributed by atoms with Crippen molar-refractivity contribution in [2.45, 2.75) is 6.61 Å². The first-order valence-electron chi connectivity index (χ1n) is 5.29. The van der Waals surface area contributed by atoms with E-state index in [1.807, 2.05) is 0 Å². The Morgan fingerprint density at radius 3 is 2.79 bits per heavy atom. The van der Waals surface area contributed by atoms with Crippen LogP contribution in [0.2, 0.25) is 0 Å². The third kappa shape index (κ3) is 3.38. The Hall–Kier alpha value is -2.21. The minimum absolute atomic E-state index is 0.125. The molecular formula is C13H9FO4S. The lowest BCUT2D eigenvalue weighted by Gasteiger charge is -2.05. The van der Waals surface area contributed by atoms with Gasteiger partial charge in [-0.25, -0.2) is 9.18 Å². The van der Waals surface area contributed by atoms with Crippen molar-refractivity contribution in [3.05, 3.63) is 51.5 Å². The molecule has 1 aromatic carbocycles. The molecule has 1 aromatic heterocycles. The van der Waals surface area contributed by atoms with Gasteiger partial charge in [-0.05, 0) is 24.3 Å². The minimum Gasteiger partial charge on any atom is -0.488 e. The number of halogens is 1. The lowest BCUT2D eigenvalue weighted by atomic mass is 10.2. The van der Waals surface area contributed by atoms with Crippen molar-refractivity contribution >= 4 is 23.6 Å². The van der Waals surface area contributed by atoms with E-state index < -0.39 is 11.8 Å². The number of aromatic carboxylic acids is 1. The van der Waals surface area contributed by atoms with E-state index in [0.29, 0.717) is 11.2 Å². The van der Waals surface area contributed by atoms with Gasteiger partial charge in [0.2, 0.25) is 0 Å². The maximum Gasteiger partial charge on any atom is 0.345 e. The van der Waals surface area contributed by atoms with Gasteiger partial charge in [-0.2, -0.15) is 0 Å². The van der Waals surface area contributed by atoms with Crippen LogP contribution in [0, 0.1) is 5.82 Å². The molecule has 0 spiro atoms. The lowest BCUT2D eigenvalue weighted by Crippen LogP contribution is -1.95. The molecule has 2 aromatic rings. The van der Waals surface area contributed by atoms with Gasteiger partial charge in [0, 0.05) is 16.5 Å². The molecule has 4 nitrogen and oxygen atoms in total. The highest BCUT2D eigenvalue weighted by molar-refractivity contribution is 7.13. The molecule has 0 radical (unpaired) electrons. The van der Waals surface area contributed by atoms with Crippen LogP contribution in [0.4, 0.5) is 4.39 Å². The standard InChI is InChI=1S/C13H9FO4S/c14-9-3-8(6-15)4-10(5-9)18-7-11-1-2-12(19-11)13(16)17/h1-6H,7H2,(H,16,17). The highest BCUT2D eigenvalue weighted by Gasteiger charge is 2.08. The number of carbonyl (C=O) groups is 2. The predicted molar refractivity (Wildman–Crippen MR) is 67.4 cm³/mol. The first-order chi connectivity index (χ1) is 9.08. The number of rotatable bonds is 5. The maximum absolute atomic E-state index is 13.1. The van der Waals surface area contributed by atoms with Gasteiger partial charge in [0.05, 0.1) is 0 Å². The third-order valence-corrected chi connectivity index (χ3v) is 3.33. The second-order valence-electron chi connectivity index (χ2n) is 3.70. The van der Waals surface area contributed by atoms with Gasteiger partial charge >= 0.3 is 5.97 Å². The van der Waals surface area contributed by atoms with Crippen LogP contribution in [0.25, 0.3) is 0 Å². The summed E-state index contributed by atoms with van der Waals surface area (Å²) >= 11 is 1.09. The third-order valence-electron chi connectivity index (χ3n) is 2.28. The van der Waals surface area contributed by atoms with E-state index >= 15 is 0 Å². The van der Waals surface area contributed by atoms with Gasteiger partial charge in [0.15, 0.2) is 0 Å². The fourth-order valence-corrected chi connectivity index (χ4v) is 2.22. The molecule has 1 N–H and O–H groups in total. The zero-order chi connectivity index (χ0) is 13.8. The van der Waals surface area contributed by atoms with Crippen LogP contribution in [0.1, 0.15) is 24.9 Å². The van der Waals surface area contributed by atoms with E-state index in [9.17, 15) is 14.0 Å². The minimum atomic E-state index is -0.995. The number of hydrogen-bond acceptors (Lipinski definition) is 4. The molecular weight excluding hydrogens is 271 g/mol. The molecule has 0 atom stereocenters. The average molecular weight is 280 g/mol. The van der Waals surface area contributed by atoms with Crippen LogP contribution in [-0.4, -0.2) is 17.4 Å². The molecule has 0 bridgehead atoms. The second kappa shape index (κ2) is 5.62. The summed E-state index contributed by atoms with van der Waals surface area (Å²) in [6.07, 6.45) is 0.531. The van der Waals surface area contributed by atoms with E-state index in [1.54, 1.807) is 6.07 Å². The number of carboxylic acid groups (broad SMARTS) is 1. The Bertz CT molecular complexity index is 621. The van der Waals surface area contributed by atoms with Crippen molar-refractivity contribution in [1.82, 2.24) is 0 Å². The zero-order valence-corrected chi connectivity index (χ0v) is 10.4. The van der Waals surface area contributed by atoms with Gasteiger partial charge < -0.3 is 9.84 Å². The number of hydrogen-bond donors (Lipinski definition) is 1. The van der Waals surface area contributed by atoms with Gasteiger partial charge in [-0.1, -0.05) is 0 Å². The number of carboxylic acids is 1. The smallest absolute Gasteiger partial charge is 0.345 e. The first kappa shape index (κ1) is 13.2. The molecule has 19 heavy (non-hydrogen) atoms. The van der Waals surface area contributed by atoms with Gasteiger partial charge in [0.25, 0.3) is 0 Å². The second-order valence-corrected chi connectivity index (χ2v) is 4.87. The number of ether oxygens (including phenoxy) is 1. The average Bonchev–Trinajstić information content (AvgIpc) is 2.84. The van der Waals surface area contributed by atoms with E-state index in [-0.39, 0.29) is 22.8 Å². The highest BCUT2D eigenvalue weighted by atomic mass is 32.1. The Morgan fingerprint density at radius 1 is 1.37 bits per heavy atom. The Labute approximate surface area is 112 Å². The van der Waals surface area contributed by atoms with Crippen LogP contribution in [-0.2, 0) is 6.61 Å². The van der Waals surface area contributed by atoms with Crippen molar-refractivity contribution in [1.29, 1.82) is 0 Å². The first-order valence-corrected chi connectivity index (χ1v) is 6.10. The van der Waals surface area contributed by atoms with Gasteiger partial charge in [0.1, 0.15) is 29.3 Å². The van der Waals surface area contributed by atoms with Crippen molar-refractivity contribution in [3.63, 3.8) is 0 Å². The normalized spacial score (nSPS) is 10.2. The highest BCUT2D eigenvalue weighted by Crippen LogP contribution is 2.20. The Morgan fingerprint density at radius 2 is 2.16 bits per heavy atom. The van der Waals surface area contributed by atoms with E-state index in [4.69, 9.17) is 9.84 Å². The molecule has 0 aliphatic carbocycles. The topological polar surface area (TPSA) is 63.6 Å². The molecule has 0 saturated carbocycles. The van der Waals surface area contributed by atoms with Crippen molar-refractivity contribution in [3.8, 4) is 5.75 Å². The molecule has 2 rings (SSSR count). The van der Waals surface area contributed by atoms with Crippen LogP contribution in [0.5, 0.6) is 5.75 Å². The number of aldehydes is 1. The van der Waals surface area contributed by atoms with Gasteiger partial charge in [-0.15, -0.1) is 11.3 Å². The summed E-state index contributed by atoms with van der Waals surface area (Å²) < 4.78 is 18.5. The van der Waals surface area contributed by atoms with E-state index in [0.717, 1.165) is 17.4 Å². The Balaban J connectivity index is 2.07. The molecule has 0 saturated heterocycles. The monoisotopic (exact) mass is 280 g/mol. The summed E-state index contributed by atoms with van der Waals surface area (Å²) in [4.78, 5) is 22.2. The van der Waals surface area contributed by atoms with Crippen LogP contribution >= 0.6 is 11.3 Å². The van der Waals surface area contributed by atoms with Crippen LogP contribution < -0.4 is 4.74 Å². The molecule has 1 heterocycles. The molecule has 0 fully saturated rings. The maximum atomic E-state index is 13.1. The molecule has 0 amide bonds. The zero-order valence-electron chi connectivity index (χ0n) is 9.63. The van der Waals surface area contributed by atoms with E-state index in [2.05, 4.69) is 0 Å². The number of thiophene rings is 1. The largest absolute Gasteiger partial charge is 0.488 e. The SMILES string of the molecule is O=Cc1cc(F)cc(OCc2ccc(C(=O)O)s2)c1. The summed E-state index contributed by atoms with van der Waals surface area (Å²) in [7, 11) is 0. The molecule has 0 aliphatic rings. The summed E-state index contributed by atoms with van der Waals surface area (Å²) in [6.45, 7) is 0.125. The Kier molecular flexibility index (Phi) is 3.91. The summed E-state index contributed by atoms with van der Waals surface area (Å²) in [5, 5.41) is 8.77.